The van der Waals surface area contributed by atoms with Crippen LogP contribution in [0.3, 0.4) is 0 Å². The molecule has 0 fully saturated rings. The zero-order chi connectivity index (χ0) is 17.2. The largest absolute Gasteiger partial charge is 0.494 e. The third-order valence-corrected chi connectivity index (χ3v) is 3.41. The van der Waals surface area contributed by atoms with E-state index in [1.807, 2.05) is 43.3 Å². The lowest BCUT2D eigenvalue weighted by atomic mass is 10.2. The summed E-state index contributed by atoms with van der Waals surface area (Å²) in [4.78, 5) is 11.8. The second-order valence-electron chi connectivity index (χ2n) is 5.18. The van der Waals surface area contributed by atoms with Crippen LogP contribution in [0.25, 0.3) is 0 Å². The summed E-state index contributed by atoms with van der Waals surface area (Å²) in [5, 5.41) is 5.52. The van der Waals surface area contributed by atoms with Gasteiger partial charge in [0.2, 0.25) is 0 Å². The smallest absolute Gasteiger partial charge is 0.319 e. The third-order valence-electron chi connectivity index (χ3n) is 3.41. The lowest BCUT2D eigenvalue weighted by molar-refractivity contribution is 0.247. The highest BCUT2D eigenvalue weighted by Gasteiger charge is 2.02. The van der Waals surface area contributed by atoms with Crippen LogP contribution in [0.15, 0.2) is 48.5 Å². The Morgan fingerprint density at radius 2 is 1.54 bits per heavy atom. The Balaban J connectivity index is 1.67. The van der Waals surface area contributed by atoms with E-state index in [-0.39, 0.29) is 6.03 Å². The van der Waals surface area contributed by atoms with E-state index in [0.717, 1.165) is 17.9 Å². The molecule has 2 N–H and O–H groups in total. The van der Waals surface area contributed by atoms with Gasteiger partial charge in [-0.3, -0.25) is 0 Å². The third kappa shape index (κ3) is 5.83. The monoisotopic (exact) mass is 328 g/mol. The van der Waals surface area contributed by atoms with Crippen LogP contribution < -0.4 is 20.1 Å². The van der Waals surface area contributed by atoms with Gasteiger partial charge in [-0.25, -0.2) is 4.79 Å². The number of nitrogens with one attached hydrogen (secondary N) is 2. The number of aryl methyl sites for hydroxylation is 1. The van der Waals surface area contributed by atoms with Crippen molar-refractivity contribution in [2.75, 3.05) is 25.1 Å². The fourth-order valence-electron chi connectivity index (χ4n) is 2.13. The molecule has 0 saturated carbocycles. The fraction of sp³-hybridized carbons (Fsp3) is 0.316. The minimum atomic E-state index is -0.260. The van der Waals surface area contributed by atoms with E-state index in [9.17, 15) is 4.79 Å². The Kier molecular flexibility index (Phi) is 6.95. The van der Waals surface area contributed by atoms with Crippen molar-refractivity contribution in [2.45, 2.75) is 20.3 Å². The molecule has 0 heterocycles. The highest BCUT2D eigenvalue weighted by molar-refractivity contribution is 5.89. The zero-order valence-corrected chi connectivity index (χ0v) is 14.2. The summed E-state index contributed by atoms with van der Waals surface area (Å²) >= 11 is 0. The molecule has 0 aliphatic heterocycles. The van der Waals surface area contributed by atoms with Gasteiger partial charge in [-0.2, -0.15) is 0 Å². The number of hydrogen-bond acceptors (Lipinski definition) is 3. The average molecular weight is 328 g/mol. The normalized spacial score (nSPS) is 10.1. The summed E-state index contributed by atoms with van der Waals surface area (Å²) in [6, 6.07) is 15.0. The predicted molar refractivity (Wildman–Crippen MR) is 95.9 cm³/mol. The molecular formula is C19H24N2O3. The fourth-order valence-corrected chi connectivity index (χ4v) is 2.13. The molecule has 0 aliphatic carbocycles. The number of carbonyl (C=O) groups excluding carboxylic acids is 1. The highest BCUT2D eigenvalue weighted by Crippen LogP contribution is 2.15. The van der Waals surface area contributed by atoms with E-state index < -0.39 is 0 Å². The van der Waals surface area contributed by atoms with Crippen LogP contribution in [-0.4, -0.2) is 25.8 Å². The van der Waals surface area contributed by atoms with Crippen LogP contribution in [0.4, 0.5) is 10.5 Å². The molecule has 2 aromatic rings. The lowest BCUT2D eigenvalue weighted by Gasteiger charge is -2.10. The van der Waals surface area contributed by atoms with Gasteiger partial charge in [0.15, 0.2) is 0 Å². The molecule has 0 saturated heterocycles. The maximum absolute atomic E-state index is 11.8. The van der Waals surface area contributed by atoms with Gasteiger partial charge in [-0.05, 0) is 55.3 Å². The Labute approximate surface area is 143 Å². The van der Waals surface area contributed by atoms with E-state index in [4.69, 9.17) is 9.47 Å². The molecule has 0 radical (unpaired) electrons. The van der Waals surface area contributed by atoms with E-state index in [1.54, 1.807) is 12.1 Å². The summed E-state index contributed by atoms with van der Waals surface area (Å²) < 4.78 is 10.9. The van der Waals surface area contributed by atoms with Crippen LogP contribution in [0.2, 0.25) is 0 Å². The van der Waals surface area contributed by atoms with Crippen molar-refractivity contribution in [3.8, 4) is 11.5 Å². The first kappa shape index (κ1) is 17.7. The minimum Gasteiger partial charge on any atom is -0.494 e. The molecule has 0 atom stereocenters. The summed E-state index contributed by atoms with van der Waals surface area (Å²) in [5.74, 6) is 1.59. The van der Waals surface area contributed by atoms with Gasteiger partial charge in [0.25, 0.3) is 0 Å². The molecule has 0 bridgehead atoms. The van der Waals surface area contributed by atoms with Crippen molar-refractivity contribution < 1.29 is 14.3 Å². The first-order valence-corrected chi connectivity index (χ1v) is 8.20. The summed E-state index contributed by atoms with van der Waals surface area (Å²) in [6.07, 6.45) is 1.01. The van der Waals surface area contributed by atoms with Gasteiger partial charge < -0.3 is 20.1 Å². The number of rotatable bonds is 8. The number of ether oxygens (including phenoxy) is 2. The molecule has 24 heavy (non-hydrogen) atoms. The van der Waals surface area contributed by atoms with Gasteiger partial charge in [-0.15, -0.1) is 0 Å². The second-order valence-corrected chi connectivity index (χ2v) is 5.18. The van der Waals surface area contributed by atoms with Gasteiger partial charge in [-0.1, -0.05) is 19.1 Å². The van der Waals surface area contributed by atoms with Crippen molar-refractivity contribution in [2.24, 2.45) is 0 Å². The molecule has 2 amide bonds. The van der Waals surface area contributed by atoms with E-state index in [0.29, 0.717) is 25.4 Å². The number of benzene rings is 2. The Bertz CT molecular complexity index is 624. The SMILES string of the molecule is CCOc1ccc(NC(=O)NCCOc2ccc(CC)cc2)cc1. The van der Waals surface area contributed by atoms with Crippen LogP contribution in [-0.2, 0) is 6.42 Å². The van der Waals surface area contributed by atoms with E-state index in [1.165, 1.54) is 5.56 Å². The van der Waals surface area contributed by atoms with E-state index >= 15 is 0 Å². The van der Waals surface area contributed by atoms with Gasteiger partial charge in [0.05, 0.1) is 13.2 Å². The molecule has 2 rings (SSSR count). The van der Waals surface area contributed by atoms with Gasteiger partial charge in [0, 0.05) is 5.69 Å². The molecule has 2 aromatic carbocycles. The Hall–Kier alpha value is -2.69. The summed E-state index contributed by atoms with van der Waals surface area (Å²) in [5.41, 5.74) is 1.99. The first-order chi connectivity index (χ1) is 11.7. The number of amides is 2. The highest BCUT2D eigenvalue weighted by atomic mass is 16.5. The van der Waals surface area contributed by atoms with Crippen LogP contribution >= 0.6 is 0 Å². The second kappa shape index (κ2) is 9.45. The van der Waals surface area contributed by atoms with Gasteiger partial charge >= 0.3 is 6.03 Å². The number of anilines is 1. The van der Waals surface area contributed by atoms with Crippen molar-refractivity contribution in [3.63, 3.8) is 0 Å². The molecule has 5 heteroatoms. The number of urea groups is 1. The summed E-state index contributed by atoms with van der Waals surface area (Å²) in [6.45, 7) is 5.51. The van der Waals surface area contributed by atoms with Gasteiger partial charge in [0.1, 0.15) is 18.1 Å². The number of hydrogen-bond donors (Lipinski definition) is 2. The maximum atomic E-state index is 11.8. The topological polar surface area (TPSA) is 59.6 Å². The predicted octanol–water partition coefficient (Wildman–Crippen LogP) is 3.85. The van der Waals surface area contributed by atoms with Crippen LogP contribution in [0.5, 0.6) is 11.5 Å². The average Bonchev–Trinajstić information content (AvgIpc) is 2.61. The molecule has 0 aliphatic rings. The summed E-state index contributed by atoms with van der Waals surface area (Å²) in [7, 11) is 0. The van der Waals surface area contributed by atoms with Crippen LogP contribution in [0.1, 0.15) is 19.4 Å². The zero-order valence-electron chi connectivity index (χ0n) is 14.2. The number of carbonyl (C=O) groups is 1. The molecule has 5 nitrogen and oxygen atoms in total. The molecule has 0 aromatic heterocycles. The molecule has 0 unspecified atom stereocenters. The quantitative estimate of drug-likeness (QED) is 0.724. The van der Waals surface area contributed by atoms with Crippen molar-refractivity contribution >= 4 is 11.7 Å². The minimum absolute atomic E-state index is 0.260. The maximum Gasteiger partial charge on any atom is 0.319 e. The van der Waals surface area contributed by atoms with Crippen LogP contribution in [0, 0.1) is 0 Å². The molecule has 128 valence electrons. The van der Waals surface area contributed by atoms with Crippen molar-refractivity contribution in [1.82, 2.24) is 5.32 Å². The lowest BCUT2D eigenvalue weighted by Crippen LogP contribution is -2.32. The van der Waals surface area contributed by atoms with Crippen molar-refractivity contribution in [3.05, 3.63) is 54.1 Å². The van der Waals surface area contributed by atoms with E-state index in [2.05, 4.69) is 17.6 Å². The van der Waals surface area contributed by atoms with Crippen molar-refractivity contribution in [1.29, 1.82) is 0 Å². The Morgan fingerprint density at radius 1 is 0.917 bits per heavy atom. The standard InChI is InChI=1S/C19H24N2O3/c1-3-15-5-9-18(10-6-15)24-14-13-20-19(22)21-16-7-11-17(12-8-16)23-4-2/h5-12H,3-4,13-14H2,1-2H3,(H2,20,21,22). The molecule has 0 spiro atoms. The molecular weight excluding hydrogens is 304 g/mol. The first-order valence-electron chi connectivity index (χ1n) is 8.20. The Morgan fingerprint density at radius 3 is 2.17 bits per heavy atom.